The minimum atomic E-state index is -0.808. The molecule has 0 radical (unpaired) electrons. The topological polar surface area (TPSA) is 52.6 Å². The summed E-state index contributed by atoms with van der Waals surface area (Å²) in [5, 5.41) is 12.7. The van der Waals surface area contributed by atoms with Crippen molar-refractivity contribution in [3.63, 3.8) is 0 Å². The van der Waals surface area contributed by atoms with E-state index >= 15 is 0 Å². The van der Waals surface area contributed by atoms with Gasteiger partial charge < -0.3 is 10.0 Å². The normalized spacial score (nSPS) is 26.0. The number of carboxylic acids is 1. The number of nitrogens with zero attached hydrogens (tertiary/aromatic N) is 1. The Balaban J connectivity index is 2.04. The van der Waals surface area contributed by atoms with Crippen molar-refractivity contribution in [2.45, 2.75) is 37.9 Å². The lowest BCUT2D eigenvalue weighted by Gasteiger charge is -2.36. The van der Waals surface area contributed by atoms with Gasteiger partial charge in [-0.1, -0.05) is 30.3 Å². The Morgan fingerprint density at radius 3 is 2.68 bits per heavy atom. The van der Waals surface area contributed by atoms with Crippen LogP contribution in [0, 0.1) is 0 Å². The van der Waals surface area contributed by atoms with E-state index in [4.69, 9.17) is 0 Å². The number of hydrogen-bond acceptors (Lipinski definition) is 3. The summed E-state index contributed by atoms with van der Waals surface area (Å²) in [4.78, 5) is 13.8. The van der Waals surface area contributed by atoms with E-state index in [1.165, 1.54) is 0 Å². The van der Waals surface area contributed by atoms with E-state index in [1.54, 1.807) is 0 Å². The molecule has 4 heteroatoms. The maximum atomic E-state index is 11.4. The van der Waals surface area contributed by atoms with Gasteiger partial charge in [0.05, 0.1) is 0 Å². The summed E-state index contributed by atoms with van der Waals surface area (Å²) < 4.78 is 0. The third-order valence-corrected chi connectivity index (χ3v) is 3.99. The molecular formula is C15H22N2O2. The van der Waals surface area contributed by atoms with Crippen molar-refractivity contribution in [1.82, 2.24) is 10.2 Å². The zero-order chi connectivity index (χ0) is 13.8. The number of hydrogen-bond donors (Lipinski definition) is 2. The zero-order valence-electron chi connectivity index (χ0n) is 11.5. The molecule has 3 unspecified atom stereocenters. The summed E-state index contributed by atoms with van der Waals surface area (Å²) in [6.07, 6.45) is 1.99. The van der Waals surface area contributed by atoms with Crippen molar-refractivity contribution in [2.75, 3.05) is 13.6 Å². The first-order valence-electron chi connectivity index (χ1n) is 6.82. The van der Waals surface area contributed by atoms with Gasteiger partial charge in [0.2, 0.25) is 0 Å². The van der Waals surface area contributed by atoms with Crippen molar-refractivity contribution >= 4 is 5.97 Å². The third kappa shape index (κ3) is 3.55. The Morgan fingerprint density at radius 2 is 2.11 bits per heavy atom. The van der Waals surface area contributed by atoms with Crippen LogP contribution in [0.2, 0.25) is 0 Å². The molecule has 104 valence electrons. The van der Waals surface area contributed by atoms with Crippen LogP contribution in [0.4, 0.5) is 0 Å². The van der Waals surface area contributed by atoms with Gasteiger partial charge in [-0.15, -0.1) is 0 Å². The lowest BCUT2D eigenvalue weighted by atomic mass is 9.96. The summed E-state index contributed by atoms with van der Waals surface area (Å²) in [5.41, 5.74) is 0.821. The molecule has 0 aliphatic carbocycles. The molecule has 2 rings (SSSR count). The molecule has 3 atom stereocenters. The predicted molar refractivity (Wildman–Crippen MR) is 75.1 cm³/mol. The monoisotopic (exact) mass is 262 g/mol. The van der Waals surface area contributed by atoms with E-state index in [0.717, 1.165) is 24.9 Å². The number of likely N-dealkylation sites (tertiary alicyclic amines) is 1. The quantitative estimate of drug-likeness (QED) is 0.870. The van der Waals surface area contributed by atoms with Crippen LogP contribution in [0.1, 0.15) is 31.4 Å². The lowest BCUT2D eigenvalue weighted by molar-refractivity contribution is -0.140. The predicted octanol–water partition coefficient (Wildman–Crippen LogP) is 1.88. The molecular weight excluding hydrogens is 240 g/mol. The molecule has 1 aromatic rings. The van der Waals surface area contributed by atoms with Crippen LogP contribution in [0.25, 0.3) is 0 Å². The highest BCUT2D eigenvalue weighted by molar-refractivity contribution is 5.75. The van der Waals surface area contributed by atoms with Crippen LogP contribution in [-0.4, -0.2) is 41.7 Å². The number of carboxylic acid groups (broad SMARTS) is 1. The summed E-state index contributed by atoms with van der Waals surface area (Å²) in [7, 11) is 2.12. The number of rotatable bonds is 4. The van der Waals surface area contributed by atoms with E-state index in [2.05, 4.69) is 24.2 Å². The van der Waals surface area contributed by atoms with Crippen LogP contribution >= 0.6 is 0 Å². The van der Waals surface area contributed by atoms with Gasteiger partial charge in [0, 0.05) is 12.1 Å². The molecule has 1 aromatic carbocycles. The SMILES string of the molecule is CC1CC(NC(C(=O)O)c2ccccc2)CCN1C. The molecule has 1 heterocycles. The van der Waals surface area contributed by atoms with Gasteiger partial charge in [0.25, 0.3) is 0 Å². The number of piperidine rings is 1. The standard InChI is InChI=1S/C15H22N2O2/c1-11-10-13(8-9-17(11)2)16-14(15(18)19)12-6-4-3-5-7-12/h3-7,11,13-14,16H,8-10H2,1-2H3,(H,18,19). The van der Waals surface area contributed by atoms with Gasteiger partial charge in [0.1, 0.15) is 6.04 Å². The Morgan fingerprint density at radius 1 is 1.42 bits per heavy atom. The summed E-state index contributed by atoms with van der Waals surface area (Å²) in [6, 6.07) is 9.55. The Kier molecular flexibility index (Phi) is 4.56. The van der Waals surface area contributed by atoms with Crippen LogP contribution in [-0.2, 0) is 4.79 Å². The molecule has 1 fully saturated rings. The van der Waals surface area contributed by atoms with E-state index in [1.807, 2.05) is 30.3 Å². The van der Waals surface area contributed by atoms with E-state index in [9.17, 15) is 9.90 Å². The second-order valence-electron chi connectivity index (χ2n) is 5.40. The Hall–Kier alpha value is -1.39. The average molecular weight is 262 g/mol. The largest absolute Gasteiger partial charge is 0.480 e. The summed E-state index contributed by atoms with van der Waals surface area (Å²) in [6.45, 7) is 3.20. The van der Waals surface area contributed by atoms with Gasteiger partial charge in [-0.25, -0.2) is 0 Å². The van der Waals surface area contributed by atoms with Gasteiger partial charge >= 0.3 is 5.97 Å². The minimum Gasteiger partial charge on any atom is -0.480 e. The smallest absolute Gasteiger partial charge is 0.325 e. The van der Waals surface area contributed by atoms with Crippen molar-refractivity contribution in [2.24, 2.45) is 0 Å². The second-order valence-corrected chi connectivity index (χ2v) is 5.40. The molecule has 1 aliphatic heterocycles. The third-order valence-electron chi connectivity index (χ3n) is 3.99. The molecule has 0 aromatic heterocycles. The van der Waals surface area contributed by atoms with Gasteiger partial charge in [-0.3, -0.25) is 10.1 Å². The average Bonchev–Trinajstić information content (AvgIpc) is 2.40. The van der Waals surface area contributed by atoms with Crippen LogP contribution in [0.15, 0.2) is 30.3 Å². The second kappa shape index (κ2) is 6.17. The Labute approximate surface area is 114 Å². The number of nitrogens with one attached hydrogen (secondary N) is 1. The molecule has 2 N–H and O–H groups in total. The van der Waals surface area contributed by atoms with Crippen molar-refractivity contribution in [3.05, 3.63) is 35.9 Å². The molecule has 4 nitrogen and oxygen atoms in total. The zero-order valence-corrected chi connectivity index (χ0v) is 11.5. The first kappa shape index (κ1) is 14.0. The van der Waals surface area contributed by atoms with Crippen molar-refractivity contribution in [3.8, 4) is 0 Å². The molecule has 0 spiro atoms. The van der Waals surface area contributed by atoms with E-state index < -0.39 is 12.0 Å². The van der Waals surface area contributed by atoms with Crippen LogP contribution in [0.5, 0.6) is 0 Å². The van der Waals surface area contributed by atoms with E-state index in [-0.39, 0.29) is 6.04 Å². The van der Waals surface area contributed by atoms with Crippen LogP contribution in [0.3, 0.4) is 0 Å². The van der Waals surface area contributed by atoms with Gasteiger partial charge in [-0.2, -0.15) is 0 Å². The number of benzene rings is 1. The lowest BCUT2D eigenvalue weighted by Crippen LogP contribution is -2.47. The molecule has 0 amide bonds. The van der Waals surface area contributed by atoms with Crippen molar-refractivity contribution < 1.29 is 9.90 Å². The molecule has 1 saturated heterocycles. The number of aliphatic carboxylic acids is 1. The molecule has 0 bridgehead atoms. The molecule has 0 saturated carbocycles. The van der Waals surface area contributed by atoms with Crippen molar-refractivity contribution in [1.29, 1.82) is 0 Å². The van der Waals surface area contributed by atoms with Gasteiger partial charge in [-0.05, 0) is 38.9 Å². The highest BCUT2D eigenvalue weighted by atomic mass is 16.4. The van der Waals surface area contributed by atoms with E-state index in [0.29, 0.717) is 6.04 Å². The summed E-state index contributed by atoms with van der Waals surface area (Å²) in [5.74, 6) is -0.808. The fourth-order valence-electron chi connectivity index (χ4n) is 2.63. The Bertz CT molecular complexity index is 421. The summed E-state index contributed by atoms with van der Waals surface area (Å²) >= 11 is 0. The first-order chi connectivity index (χ1) is 9.08. The maximum Gasteiger partial charge on any atom is 0.325 e. The number of carbonyl (C=O) groups is 1. The highest BCUT2D eigenvalue weighted by Gasteiger charge is 2.28. The van der Waals surface area contributed by atoms with Gasteiger partial charge in [0.15, 0.2) is 0 Å². The highest BCUT2D eigenvalue weighted by Crippen LogP contribution is 2.20. The molecule has 19 heavy (non-hydrogen) atoms. The first-order valence-corrected chi connectivity index (χ1v) is 6.82. The molecule has 1 aliphatic rings. The fourth-order valence-corrected chi connectivity index (χ4v) is 2.63. The minimum absolute atomic E-state index is 0.271. The van der Waals surface area contributed by atoms with Crippen LogP contribution < -0.4 is 5.32 Å². The maximum absolute atomic E-state index is 11.4. The fraction of sp³-hybridized carbons (Fsp3) is 0.533.